The van der Waals surface area contributed by atoms with Crippen molar-refractivity contribution in [3.8, 4) is 0 Å². The Bertz CT molecular complexity index is 644. The molecule has 0 saturated carbocycles. The molecule has 0 spiro atoms. The van der Waals surface area contributed by atoms with Gasteiger partial charge >= 0.3 is 12.0 Å². The predicted octanol–water partition coefficient (Wildman–Crippen LogP) is 4.38. The van der Waals surface area contributed by atoms with Crippen LogP contribution in [0.25, 0.3) is 0 Å². The lowest BCUT2D eigenvalue weighted by Crippen LogP contribution is -2.43. The highest BCUT2D eigenvalue weighted by Gasteiger charge is 2.23. The summed E-state index contributed by atoms with van der Waals surface area (Å²) in [7, 11) is 0. The first-order valence-corrected chi connectivity index (χ1v) is 10.9. The third-order valence-corrected chi connectivity index (χ3v) is 4.57. The highest BCUT2D eigenvalue weighted by molar-refractivity contribution is 9.10. The number of hydrogen-bond acceptors (Lipinski definition) is 5. The van der Waals surface area contributed by atoms with Crippen molar-refractivity contribution >= 4 is 51.2 Å². The summed E-state index contributed by atoms with van der Waals surface area (Å²) >= 11 is 4.92. The smallest absolute Gasteiger partial charge is 0.319 e. The maximum Gasteiger partial charge on any atom is 0.319 e. The van der Waals surface area contributed by atoms with Crippen LogP contribution in [0.2, 0.25) is 0 Å². The lowest BCUT2D eigenvalue weighted by Gasteiger charge is -2.20. The maximum absolute atomic E-state index is 12.5. The molecular weight excluding hydrogens is 432 g/mol. The molecule has 0 radical (unpaired) electrons. The normalized spacial score (nSPS) is 12.2. The second-order valence-corrected chi connectivity index (χ2v) is 8.89. The van der Waals surface area contributed by atoms with Gasteiger partial charge in [-0.25, -0.2) is 4.79 Å². The van der Waals surface area contributed by atoms with E-state index in [1.807, 2.05) is 18.4 Å². The molecule has 150 valence electrons. The van der Waals surface area contributed by atoms with E-state index in [9.17, 15) is 14.4 Å². The number of carbonyl (C=O) groups is 3. The lowest BCUT2D eigenvalue weighted by molar-refractivity contribution is -0.155. The zero-order valence-corrected chi connectivity index (χ0v) is 18.5. The molecule has 1 atom stereocenters. The van der Waals surface area contributed by atoms with Crippen molar-refractivity contribution in [2.45, 2.75) is 51.7 Å². The zero-order chi connectivity index (χ0) is 20.4. The summed E-state index contributed by atoms with van der Waals surface area (Å²) in [6.45, 7) is 5.34. The van der Waals surface area contributed by atoms with Crippen LogP contribution in [-0.2, 0) is 14.3 Å². The van der Waals surface area contributed by atoms with Crippen LogP contribution in [-0.4, -0.2) is 41.4 Å². The first-order chi connectivity index (χ1) is 12.6. The Balaban J connectivity index is 2.59. The molecule has 1 aromatic carbocycles. The first kappa shape index (κ1) is 23.5. The van der Waals surface area contributed by atoms with Crippen LogP contribution in [0, 0.1) is 0 Å². The molecule has 0 bridgehead atoms. The van der Waals surface area contributed by atoms with Crippen molar-refractivity contribution in [3.05, 3.63) is 28.7 Å². The molecule has 6 nitrogen and oxygen atoms in total. The number of hydrogen-bond donors (Lipinski definition) is 2. The zero-order valence-electron chi connectivity index (χ0n) is 16.1. The highest BCUT2D eigenvalue weighted by atomic mass is 79.9. The number of ketones is 1. The third-order valence-electron chi connectivity index (χ3n) is 3.40. The monoisotopic (exact) mass is 458 g/mol. The maximum atomic E-state index is 12.5. The summed E-state index contributed by atoms with van der Waals surface area (Å²) in [6.07, 6.45) is 2.47. The largest absolute Gasteiger partial charge is 0.460 e. The summed E-state index contributed by atoms with van der Waals surface area (Å²) in [5, 5.41) is 5.42. The van der Waals surface area contributed by atoms with Gasteiger partial charge in [-0.2, -0.15) is 11.8 Å². The highest BCUT2D eigenvalue weighted by Crippen LogP contribution is 2.14. The summed E-state index contributed by atoms with van der Waals surface area (Å²) in [6, 6.07) is 6.04. The van der Waals surface area contributed by atoms with E-state index < -0.39 is 23.6 Å². The minimum Gasteiger partial charge on any atom is -0.460 e. The van der Waals surface area contributed by atoms with Crippen molar-refractivity contribution in [1.29, 1.82) is 0 Å². The quantitative estimate of drug-likeness (QED) is 0.536. The molecular formula is C19H27BrN2O4S. The molecule has 1 aromatic rings. The van der Waals surface area contributed by atoms with Gasteiger partial charge in [-0.3, -0.25) is 9.59 Å². The van der Waals surface area contributed by atoms with E-state index in [0.29, 0.717) is 12.1 Å². The van der Waals surface area contributed by atoms with Gasteiger partial charge in [0, 0.05) is 16.6 Å². The first-order valence-electron chi connectivity index (χ1n) is 8.67. The van der Waals surface area contributed by atoms with E-state index in [0.717, 1.165) is 10.2 Å². The predicted molar refractivity (Wildman–Crippen MR) is 113 cm³/mol. The van der Waals surface area contributed by atoms with Gasteiger partial charge in [0.15, 0.2) is 5.78 Å². The SMILES string of the molecule is CSCC[C@H](NC(=O)Nc1ccc(Br)cc1)C(=O)CCC(=O)OC(C)(C)C. The van der Waals surface area contributed by atoms with Crippen LogP contribution in [0.4, 0.5) is 10.5 Å². The molecule has 0 fully saturated rings. The summed E-state index contributed by atoms with van der Waals surface area (Å²) < 4.78 is 6.13. The Hall–Kier alpha value is -1.54. The van der Waals surface area contributed by atoms with E-state index >= 15 is 0 Å². The Morgan fingerprint density at radius 3 is 2.33 bits per heavy atom. The van der Waals surface area contributed by atoms with Crippen LogP contribution in [0.5, 0.6) is 0 Å². The number of esters is 1. The minimum atomic E-state index is -0.643. The molecule has 0 aromatic heterocycles. The average molecular weight is 459 g/mol. The number of Topliss-reactive ketones (excluding diaryl/α,β-unsaturated/α-hetero) is 1. The van der Waals surface area contributed by atoms with Crippen LogP contribution in [0.1, 0.15) is 40.0 Å². The average Bonchev–Trinajstić information content (AvgIpc) is 2.57. The van der Waals surface area contributed by atoms with Crippen molar-refractivity contribution in [2.24, 2.45) is 0 Å². The second-order valence-electron chi connectivity index (χ2n) is 6.99. The molecule has 0 heterocycles. The number of rotatable bonds is 9. The van der Waals surface area contributed by atoms with E-state index in [4.69, 9.17) is 4.74 Å². The van der Waals surface area contributed by atoms with E-state index in [2.05, 4.69) is 26.6 Å². The summed E-state index contributed by atoms with van der Waals surface area (Å²) in [5.74, 6) is 0.126. The topological polar surface area (TPSA) is 84.5 Å². The summed E-state index contributed by atoms with van der Waals surface area (Å²) in [5.41, 5.74) is 0.0433. The Morgan fingerprint density at radius 2 is 1.78 bits per heavy atom. The van der Waals surface area contributed by atoms with Crippen molar-refractivity contribution in [3.63, 3.8) is 0 Å². The van der Waals surface area contributed by atoms with Gasteiger partial charge < -0.3 is 15.4 Å². The van der Waals surface area contributed by atoms with E-state index in [-0.39, 0.29) is 18.6 Å². The van der Waals surface area contributed by atoms with Gasteiger partial charge in [-0.1, -0.05) is 15.9 Å². The Kier molecular flexibility index (Phi) is 9.87. The number of amides is 2. The summed E-state index contributed by atoms with van der Waals surface area (Å²) in [4.78, 5) is 36.5. The van der Waals surface area contributed by atoms with Crippen LogP contribution >= 0.6 is 27.7 Å². The third kappa shape index (κ3) is 10.4. The van der Waals surface area contributed by atoms with Gasteiger partial charge in [0.1, 0.15) is 5.60 Å². The van der Waals surface area contributed by atoms with E-state index in [1.165, 1.54) is 0 Å². The standard InChI is InChI=1S/C19H27BrN2O4S/c1-19(2,3)26-17(24)10-9-16(23)15(11-12-27-4)22-18(25)21-14-7-5-13(20)6-8-14/h5-8,15H,9-12H2,1-4H3,(H2,21,22,25)/t15-/m0/s1. The molecule has 2 amide bonds. The lowest BCUT2D eigenvalue weighted by atomic mass is 10.1. The number of thioether (sulfide) groups is 1. The van der Waals surface area contributed by atoms with Crippen LogP contribution < -0.4 is 10.6 Å². The van der Waals surface area contributed by atoms with Gasteiger partial charge in [0.25, 0.3) is 0 Å². The number of ether oxygens (including phenoxy) is 1. The Morgan fingerprint density at radius 1 is 1.15 bits per heavy atom. The van der Waals surface area contributed by atoms with Crippen molar-refractivity contribution < 1.29 is 19.1 Å². The van der Waals surface area contributed by atoms with Gasteiger partial charge in [-0.15, -0.1) is 0 Å². The molecule has 0 unspecified atom stereocenters. The molecule has 0 aliphatic rings. The fourth-order valence-corrected chi connectivity index (χ4v) is 2.94. The molecule has 8 heteroatoms. The minimum absolute atomic E-state index is 0.00187. The van der Waals surface area contributed by atoms with E-state index in [1.54, 1.807) is 44.7 Å². The second kappa shape index (κ2) is 11.3. The molecule has 2 N–H and O–H groups in total. The number of benzene rings is 1. The molecule has 0 saturated heterocycles. The number of nitrogens with one attached hydrogen (secondary N) is 2. The molecule has 0 aliphatic carbocycles. The Labute approximate surface area is 173 Å². The fraction of sp³-hybridized carbons (Fsp3) is 0.526. The number of anilines is 1. The van der Waals surface area contributed by atoms with Crippen LogP contribution in [0.3, 0.4) is 0 Å². The number of urea groups is 1. The van der Waals surface area contributed by atoms with Crippen LogP contribution in [0.15, 0.2) is 28.7 Å². The van der Waals surface area contributed by atoms with Gasteiger partial charge in [0.2, 0.25) is 0 Å². The molecule has 0 aliphatic heterocycles. The van der Waals surface area contributed by atoms with Gasteiger partial charge in [0.05, 0.1) is 12.5 Å². The number of carbonyl (C=O) groups excluding carboxylic acids is 3. The molecule has 1 rings (SSSR count). The van der Waals surface area contributed by atoms with Crippen molar-refractivity contribution in [1.82, 2.24) is 5.32 Å². The van der Waals surface area contributed by atoms with Gasteiger partial charge in [-0.05, 0) is 63.5 Å². The molecule has 27 heavy (non-hydrogen) atoms. The van der Waals surface area contributed by atoms with Crippen molar-refractivity contribution in [2.75, 3.05) is 17.3 Å². The number of halogens is 1. The fourth-order valence-electron chi connectivity index (χ4n) is 2.20.